The van der Waals surface area contributed by atoms with Crippen molar-refractivity contribution in [1.82, 2.24) is 0 Å². The fourth-order valence-electron chi connectivity index (χ4n) is 0.825. The average Bonchev–Trinajstić information content (AvgIpc) is 2.55. The molecule has 0 aliphatic heterocycles. The molecule has 0 aliphatic rings. The van der Waals surface area contributed by atoms with Gasteiger partial charge in [-0.05, 0) is 32.1 Å². The number of hydrogen-bond donors (Lipinski definition) is 0. The normalized spacial score (nSPS) is 13.9. The number of nitriles is 1. The second-order valence-corrected chi connectivity index (χ2v) is 2.75. The number of allylic oxidation sites excluding steroid dienone is 1. The maximum absolute atomic E-state index is 8.61. The molecule has 0 amide bonds. The standard InChI is InChI=1S/C10H11NO/c1-8(9(2)7-11)6-10-4-3-5-12-10/h3-6,9H,1-2H3/b8-6+. The first kappa shape index (κ1) is 8.61. The maximum Gasteiger partial charge on any atom is 0.126 e. The van der Waals surface area contributed by atoms with Crippen LogP contribution in [0.2, 0.25) is 0 Å². The molecule has 0 saturated heterocycles. The summed E-state index contributed by atoms with van der Waals surface area (Å²) >= 11 is 0. The van der Waals surface area contributed by atoms with Gasteiger partial charge in [0.15, 0.2) is 0 Å². The molecule has 0 fully saturated rings. The highest BCUT2D eigenvalue weighted by atomic mass is 16.3. The third kappa shape index (κ3) is 2.00. The van der Waals surface area contributed by atoms with Gasteiger partial charge in [0, 0.05) is 0 Å². The number of furan rings is 1. The monoisotopic (exact) mass is 161 g/mol. The second-order valence-electron chi connectivity index (χ2n) is 2.75. The van der Waals surface area contributed by atoms with Crippen molar-refractivity contribution in [3.63, 3.8) is 0 Å². The lowest BCUT2D eigenvalue weighted by atomic mass is 10.0. The van der Waals surface area contributed by atoms with Gasteiger partial charge in [-0.2, -0.15) is 5.26 Å². The Morgan fingerprint density at radius 1 is 1.75 bits per heavy atom. The smallest absolute Gasteiger partial charge is 0.126 e. The van der Waals surface area contributed by atoms with Crippen molar-refractivity contribution >= 4 is 6.08 Å². The SMILES string of the molecule is C/C(=C\c1ccco1)C(C)C#N. The van der Waals surface area contributed by atoms with Crippen molar-refractivity contribution in [3.8, 4) is 6.07 Å². The molecule has 1 rings (SSSR count). The first-order chi connectivity index (χ1) is 5.74. The van der Waals surface area contributed by atoms with Gasteiger partial charge in [-0.25, -0.2) is 0 Å². The Balaban J connectivity index is 2.77. The molecule has 1 aromatic rings. The highest BCUT2D eigenvalue weighted by molar-refractivity contribution is 5.47. The molecule has 0 spiro atoms. The van der Waals surface area contributed by atoms with Crippen LogP contribution in [-0.2, 0) is 0 Å². The van der Waals surface area contributed by atoms with E-state index < -0.39 is 0 Å². The zero-order chi connectivity index (χ0) is 8.97. The van der Waals surface area contributed by atoms with E-state index in [9.17, 15) is 0 Å². The lowest BCUT2D eigenvalue weighted by molar-refractivity contribution is 0.556. The lowest BCUT2D eigenvalue weighted by Crippen LogP contribution is -1.90. The largest absolute Gasteiger partial charge is 0.465 e. The van der Waals surface area contributed by atoms with E-state index in [1.54, 1.807) is 6.26 Å². The molecule has 1 atom stereocenters. The van der Waals surface area contributed by atoms with Crippen molar-refractivity contribution < 1.29 is 4.42 Å². The third-order valence-electron chi connectivity index (χ3n) is 1.79. The van der Waals surface area contributed by atoms with Gasteiger partial charge in [0.05, 0.1) is 18.3 Å². The molecular formula is C10H11NO. The van der Waals surface area contributed by atoms with Gasteiger partial charge in [0.2, 0.25) is 0 Å². The predicted molar refractivity (Wildman–Crippen MR) is 47.1 cm³/mol. The van der Waals surface area contributed by atoms with Crippen LogP contribution in [0.5, 0.6) is 0 Å². The zero-order valence-electron chi connectivity index (χ0n) is 7.24. The summed E-state index contributed by atoms with van der Waals surface area (Å²) in [6.07, 6.45) is 3.50. The molecule has 0 radical (unpaired) electrons. The zero-order valence-corrected chi connectivity index (χ0v) is 7.24. The molecule has 62 valence electrons. The van der Waals surface area contributed by atoms with E-state index in [0.717, 1.165) is 11.3 Å². The fraction of sp³-hybridized carbons (Fsp3) is 0.300. The average molecular weight is 161 g/mol. The first-order valence-corrected chi connectivity index (χ1v) is 3.85. The van der Waals surface area contributed by atoms with Crippen LogP contribution in [-0.4, -0.2) is 0 Å². The molecule has 2 nitrogen and oxygen atoms in total. The summed E-state index contributed by atoms with van der Waals surface area (Å²) in [6.45, 7) is 3.80. The Morgan fingerprint density at radius 2 is 2.50 bits per heavy atom. The Kier molecular flexibility index (Phi) is 2.71. The molecular weight excluding hydrogens is 150 g/mol. The van der Waals surface area contributed by atoms with E-state index in [2.05, 4.69) is 6.07 Å². The summed E-state index contributed by atoms with van der Waals surface area (Å²) in [5.74, 6) is 0.754. The van der Waals surface area contributed by atoms with Gasteiger partial charge in [-0.3, -0.25) is 0 Å². The van der Waals surface area contributed by atoms with E-state index >= 15 is 0 Å². The predicted octanol–water partition coefficient (Wildman–Crippen LogP) is 2.84. The van der Waals surface area contributed by atoms with Crippen LogP contribution in [0.25, 0.3) is 6.08 Å². The van der Waals surface area contributed by atoms with E-state index in [1.165, 1.54) is 0 Å². The van der Waals surface area contributed by atoms with Crippen LogP contribution in [0.1, 0.15) is 19.6 Å². The molecule has 0 aromatic carbocycles. The van der Waals surface area contributed by atoms with Gasteiger partial charge in [-0.1, -0.05) is 5.57 Å². The number of rotatable bonds is 2. The van der Waals surface area contributed by atoms with Gasteiger partial charge >= 0.3 is 0 Å². The maximum atomic E-state index is 8.61. The highest BCUT2D eigenvalue weighted by Gasteiger charge is 2.01. The van der Waals surface area contributed by atoms with Crippen molar-refractivity contribution in [3.05, 3.63) is 29.7 Å². The molecule has 0 N–H and O–H groups in total. The fourth-order valence-corrected chi connectivity index (χ4v) is 0.825. The molecule has 1 aromatic heterocycles. The van der Waals surface area contributed by atoms with Crippen molar-refractivity contribution in [2.45, 2.75) is 13.8 Å². The topological polar surface area (TPSA) is 36.9 Å². The Hall–Kier alpha value is -1.49. The number of hydrogen-bond acceptors (Lipinski definition) is 2. The molecule has 0 bridgehead atoms. The van der Waals surface area contributed by atoms with Crippen molar-refractivity contribution in [2.75, 3.05) is 0 Å². The summed E-state index contributed by atoms with van der Waals surface area (Å²) in [5.41, 5.74) is 1.02. The van der Waals surface area contributed by atoms with Crippen molar-refractivity contribution in [2.24, 2.45) is 5.92 Å². The molecule has 12 heavy (non-hydrogen) atoms. The molecule has 2 heteroatoms. The van der Waals surface area contributed by atoms with Crippen LogP contribution >= 0.6 is 0 Å². The van der Waals surface area contributed by atoms with Gasteiger partial charge < -0.3 is 4.42 Å². The molecule has 1 heterocycles. The van der Waals surface area contributed by atoms with E-state index in [0.29, 0.717) is 0 Å². The summed E-state index contributed by atoms with van der Waals surface area (Å²) in [4.78, 5) is 0. The summed E-state index contributed by atoms with van der Waals surface area (Å²) in [5, 5.41) is 8.61. The third-order valence-corrected chi connectivity index (χ3v) is 1.79. The van der Waals surface area contributed by atoms with Crippen LogP contribution in [0.3, 0.4) is 0 Å². The minimum Gasteiger partial charge on any atom is -0.465 e. The minimum absolute atomic E-state index is 0.0462. The van der Waals surface area contributed by atoms with Crippen LogP contribution in [0.4, 0.5) is 0 Å². The minimum atomic E-state index is -0.0462. The Bertz CT molecular complexity index is 303. The number of nitrogens with zero attached hydrogens (tertiary/aromatic N) is 1. The van der Waals surface area contributed by atoms with Crippen LogP contribution < -0.4 is 0 Å². The van der Waals surface area contributed by atoms with Gasteiger partial charge in [0.1, 0.15) is 5.76 Å². The van der Waals surface area contributed by atoms with Crippen LogP contribution in [0.15, 0.2) is 28.4 Å². The molecule has 1 unspecified atom stereocenters. The van der Waals surface area contributed by atoms with E-state index in [4.69, 9.17) is 9.68 Å². The Labute approximate surface area is 72.1 Å². The van der Waals surface area contributed by atoms with Gasteiger partial charge in [-0.15, -0.1) is 0 Å². The van der Waals surface area contributed by atoms with Crippen molar-refractivity contribution in [1.29, 1.82) is 5.26 Å². The van der Waals surface area contributed by atoms with Gasteiger partial charge in [0.25, 0.3) is 0 Å². The summed E-state index contributed by atoms with van der Waals surface area (Å²) in [7, 11) is 0. The Morgan fingerprint density at radius 3 is 3.00 bits per heavy atom. The lowest BCUT2D eigenvalue weighted by Gasteiger charge is -1.99. The van der Waals surface area contributed by atoms with E-state index in [1.807, 2.05) is 32.1 Å². The first-order valence-electron chi connectivity index (χ1n) is 3.85. The quantitative estimate of drug-likeness (QED) is 0.668. The highest BCUT2D eigenvalue weighted by Crippen LogP contribution is 2.13. The van der Waals surface area contributed by atoms with E-state index in [-0.39, 0.29) is 5.92 Å². The summed E-state index contributed by atoms with van der Waals surface area (Å²) in [6, 6.07) is 5.87. The molecule has 0 aliphatic carbocycles. The molecule has 0 saturated carbocycles. The summed E-state index contributed by atoms with van der Waals surface area (Å²) < 4.78 is 5.11. The second kappa shape index (κ2) is 3.77. The van der Waals surface area contributed by atoms with Crippen LogP contribution in [0, 0.1) is 17.2 Å².